The van der Waals surface area contributed by atoms with Gasteiger partial charge in [-0.1, -0.05) is 18.2 Å². The molecule has 0 spiro atoms. The molecule has 1 aliphatic rings. The van der Waals surface area contributed by atoms with Crippen molar-refractivity contribution in [1.29, 1.82) is 0 Å². The van der Waals surface area contributed by atoms with Crippen molar-refractivity contribution >= 4 is 11.6 Å². The zero-order chi connectivity index (χ0) is 27.0. The Morgan fingerprint density at radius 3 is 2.47 bits per heavy atom. The molecule has 3 aromatic heterocycles. The van der Waals surface area contributed by atoms with Gasteiger partial charge in [0.15, 0.2) is 17.3 Å². The first-order chi connectivity index (χ1) is 18.1. The van der Waals surface area contributed by atoms with Gasteiger partial charge in [0.05, 0.1) is 11.3 Å². The summed E-state index contributed by atoms with van der Waals surface area (Å²) < 4.78 is 42.5. The summed E-state index contributed by atoms with van der Waals surface area (Å²) in [5, 5.41) is 17.4. The first-order valence-corrected chi connectivity index (χ1v) is 12.5. The maximum absolute atomic E-state index is 13.0. The number of piperazine rings is 1. The van der Waals surface area contributed by atoms with Crippen LogP contribution in [0.15, 0.2) is 36.4 Å². The van der Waals surface area contributed by atoms with Crippen LogP contribution in [0.1, 0.15) is 40.3 Å². The summed E-state index contributed by atoms with van der Waals surface area (Å²) in [7, 11) is 0. The summed E-state index contributed by atoms with van der Waals surface area (Å²) in [5.74, 6) is 1.40. The SMILES string of the molecule is Cc1nn(-c2ccc3nnc(C)n3n2)c(C)c1CCC(=O)N1CCN(Cc2cccc(C(F)(F)F)c2)CC1. The number of aromatic nitrogens is 6. The van der Waals surface area contributed by atoms with E-state index in [0.717, 1.165) is 23.0 Å². The van der Waals surface area contributed by atoms with Crippen molar-refractivity contribution in [3.63, 3.8) is 0 Å². The second kappa shape index (κ2) is 10.2. The number of hydrogen-bond acceptors (Lipinski definition) is 6. The van der Waals surface area contributed by atoms with Crippen LogP contribution in [-0.4, -0.2) is 71.5 Å². The molecule has 38 heavy (non-hydrogen) atoms. The quantitative estimate of drug-likeness (QED) is 0.382. The van der Waals surface area contributed by atoms with E-state index in [1.54, 1.807) is 15.3 Å². The van der Waals surface area contributed by atoms with Crippen molar-refractivity contribution in [2.24, 2.45) is 0 Å². The molecular formula is C26H29F3N8O. The number of carbonyl (C=O) groups excluding carboxylic acids is 1. The van der Waals surface area contributed by atoms with E-state index in [2.05, 4.69) is 25.3 Å². The van der Waals surface area contributed by atoms with E-state index < -0.39 is 11.7 Å². The zero-order valence-electron chi connectivity index (χ0n) is 21.5. The summed E-state index contributed by atoms with van der Waals surface area (Å²) in [4.78, 5) is 16.9. The fourth-order valence-electron chi connectivity index (χ4n) is 4.91. The lowest BCUT2D eigenvalue weighted by atomic mass is 10.1. The van der Waals surface area contributed by atoms with Crippen LogP contribution in [0.4, 0.5) is 13.2 Å². The van der Waals surface area contributed by atoms with E-state index in [1.807, 2.05) is 37.8 Å². The van der Waals surface area contributed by atoms with Gasteiger partial charge in [-0.05, 0) is 56.5 Å². The standard InChI is InChI=1S/C26H29F3N8O/c1-17-22(18(2)36(32-17)24-9-8-23-31-30-19(3)37(23)33-24)7-10-25(38)35-13-11-34(12-14-35)16-20-5-4-6-21(15-20)26(27,28)29/h4-6,8-9,15H,7,10-14,16H2,1-3H3. The Bertz CT molecular complexity index is 1470. The Labute approximate surface area is 217 Å². The van der Waals surface area contributed by atoms with Crippen LogP contribution in [-0.2, 0) is 23.9 Å². The monoisotopic (exact) mass is 526 g/mol. The summed E-state index contributed by atoms with van der Waals surface area (Å²) in [6, 6.07) is 9.11. The highest BCUT2D eigenvalue weighted by Crippen LogP contribution is 2.30. The predicted octanol–water partition coefficient (Wildman–Crippen LogP) is 3.53. The van der Waals surface area contributed by atoms with Gasteiger partial charge in [0.1, 0.15) is 0 Å². The van der Waals surface area contributed by atoms with Crippen molar-refractivity contribution in [3.8, 4) is 5.82 Å². The molecule has 0 saturated carbocycles. The van der Waals surface area contributed by atoms with Crippen LogP contribution >= 0.6 is 0 Å². The minimum Gasteiger partial charge on any atom is -0.340 e. The number of fused-ring (bicyclic) bond motifs is 1. The molecule has 4 aromatic rings. The minimum absolute atomic E-state index is 0.0647. The summed E-state index contributed by atoms with van der Waals surface area (Å²) >= 11 is 0. The Kier molecular flexibility index (Phi) is 6.91. The number of hydrogen-bond donors (Lipinski definition) is 0. The van der Waals surface area contributed by atoms with Crippen molar-refractivity contribution < 1.29 is 18.0 Å². The van der Waals surface area contributed by atoms with Crippen molar-refractivity contribution in [3.05, 3.63) is 70.3 Å². The highest BCUT2D eigenvalue weighted by Gasteiger charge is 2.30. The number of rotatable bonds is 6. The Morgan fingerprint density at radius 2 is 1.74 bits per heavy atom. The lowest BCUT2D eigenvalue weighted by Gasteiger charge is -2.35. The van der Waals surface area contributed by atoms with Gasteiger partial charge in [0, 0.05) is 44.8 Å². The molecule has 1 fully saturated rings. The number of benzene rings is 1. The lowest BCUT2D eigenvalue weighted by Crippen LogP contribution is -2.48. The average Bonchev–Trinajstić information content (AvgIpc) is 3.40. The Morgan fingerprint density at radius 1 is 0.974 bits per heavy atom. The highest BCUT2D eigenvalue weighted by molar-refractivity contribution is 5.76. The Balaban J connectivity index is 1.17. The first kappa shape index (κ1) is 25.8. The summed E-state index contributed by atoms with van der Waals surface area (Å²) in [5.41, 5.74) is 3.44. The second-order valence-electron chi connectivity index (χ2n) is 9.62. The minimum atomic E-state index is -4.35. The molecule has 0 bridgehead atoms. The van der Waals surface area contributed by atoms with Gasteiger partial charge in [0.25, 0.3) is 0 Å². The summed E-state index contributed by atoms with van der Waals surface area (Å²) in [6.07, 6.45) is -3.43. The van der Waals surface area contributed by atoms with Crippen LogP contribution in [0.3, 0.4) is 0 Å². The van der Waals surface area contributed by atoms with Crippen molar-refractivity contribution in [1.82, 2.24) is 39.4 Å². The number of carbonyl (C=O) groups is 1. The molecule has 0 radical (unpaired) electrons. The largest absolute Gasteiger partial charge is 0.416 e. The number of halogens is 3. The van der Waals surface area contributed by atoms with Crippen molar-refractivity contribution in [2.75, 3.05) is 26.2 Å². The molecule has 4 heterocycles. The lowest BCUT2D eigenvalue weighted by molar-refractivity contribution is -0.137. The number of alkyl halides is 3. The first-order valence-electron chi connectivity index (χ1n) is 12.5. The molecule has 9 nitrogen and oxygen atoms in total. The molecule has 200 valence electrons. The van der Waals surface area contributed by atoms with Gasteiger partial charge in [-0.2, -0.15) is 22.8 Å². The van der Waals surface area contributed by atoms with E-state index in [9.17, 15) is 18.0 Å². The van der Waals surface area contributed by atoms with Crippen LogP contribution in [0.2, 0.25) is 0 Å². The molecule has 1 aliphatic heterocycles. The number of aryl methyl sites for hydroxylation is 2. The molecule has 0 N–H and O–H groups in total. The maximum Gasteiger partial charge on any atom is 0.416 e. The smallest absolute Gasteiger partial charge is 0.340 e. The third kappa shape index (κ3) is 5.26. The van der Waals surface area contributed by atoms with E-state index in [4.69, 9.17) is 0 Å². The van der Waals surface area contributed by atoms with Gasteiger partial charge < -0.3 is 4.90 Å². The molecular weight excluding hydrogens is 497 g/mol. The predicted molar refractivity (Wildman–Crippen MR) is 134 cm³/mol. The molecule has 0 aliphatic carbocycles. The normalized spacial score (nSPS) is 14.9. The van der Waals surface area contributed by atoms with Gasteiger partial charge in [-0.15, -0.1) is 15.3 Å². The van der Waals surface area contributed by atoms with Gasteiger partial charge in [0.2, 0.25) is 5.91 Å². The van der Waals surface area contributed by atoms with Gasteiger partial charge in [-0.3, -0.25) is 9.69 Å². The molecule has 12 heteroatoms. The second-order valence-corrected chi connectivity index (χ2v) is 9.62. The van der Waals surface area contributed by atoms with E-state index in [0.29, 0.717) is 68.4 Å². The van der Waals surface area contributed by atoms with E-state index in [1.165, 1.54) is 12.1 Å². The zero-order valence-corrected chi connectivity index (χ0v) is 21.5. The molecule has 1 amide bonds. The number of amides is 1. The topological polar surface area (TPSA) is 84.4 Å². The average molecular weight is 527 g/mol. The van der Waals surface area contributed by atoms with Crippen LogP contribution < -0.4 is 0 Å². The Hall–Kier alpha value is -3.80. The van der Waals surface area contributed by atoms with Gasteiger partial charge >= 0.3 is 6.18 Å². The summed E-state index contributed by atoms with van der Waals surface area (Å²) in [6.45, 7) is 8.51. The third-order valence-electron chi connectivity index (χ3n) is 7.04. The fourth-order valence-corrected chi connectivity index (χ4v) is 4.91. The highest BCUT2D eigenvalue weighted by atomic mass is 19.4. The molecule has 1 saturated heterocycles. The number of nitrogens with zero attached hydrogens (tertiary/aromatic N) is 8. The third-order valence-corrected chi connectivity index (χ3v) is 7.04. The van der Waals surface area contributed by atoms with Crippen LogP contribution in [0.5, 0.6) is 0 Å². The van der Waals surface area contributed by atoms with E-state index in [-0.39, 0.29) is 5.91 Å². The van der Waals surface area contributed by atoms with Crippen LogP contribution in [0, 0.1) is 20.8 Å². The molecule has 0 unspecified atom stereocenters. The van der Waals surface area contributed by atoms with Crippen LogP contribution in [0.25, 0.3) is 11.5 Å². The van der Waals surface area contributed by atoms with E-state index >= 15 is 0 Å². The fraction of sp³-hybridized carbons (Fsp3) is 0.423. The molecule has 1 aromatic carbocycles. The molecule has 5 rings (SSSR count). The molecule has 0 atom stereocenters. The van der Waals surface area contributed by atoms with Gasteiger partial charge in [-0.25, -0.2) is 4.68 Å². The van der Waals surface area contributed by atoms with Crippen molar-refractivity contribution in [2.45, 2.75) is 46.3 Å². The maximum atomic E-state index is 13.0.